The van der Waals surface area contributed by atoms with E-state index < -0.39 is 13.4 Å². The number of hydrogen-bond acceptors (Lipinski definition) is 4. The van der Waals surface area contributed by atoms with Gasteiger partial charge in [0.1, 0.15) is 0 Å². The van der Waals surface area contributed by atoms with Crippen molar-refractivity contribution in [1.29, 1.82) is 0 Å². The molecule has 0 aromatic heterocycles. The van der Waals surface area contributed by atoms with Crippen LogP contribution in [0.2, 0.25) is 0 Å². The van der Waals surface area contributed by atoms with Gasteiger partial charge in [0, 0.05) is 19.4 Å². The van der Waals surface area contributed by atoms with Crippen LogP contribution in [0.3, 0.4) is 0 Å². The first-order valence-corrected chi connectivity index (χ1v) is 9.81. The summed E-state index contributed by atoms with van der Waals surface area (Å²) >= 11 is 0. The highest BCUT2D eigenvalue weighted by Gasteiger charge is 2.31. The standard InChI is InChI=1S/C16H28NO4P/c1-3-20-16(21-4-2)22(18,19)14-8-12-17-13-11-15-9-6-5-7-10-15/h5-7,9-10,16-17H,3-4,8,11-14H2,1-2H3,(H,18,19). The predicted octanol–water partition coefficient (Wildman–Crippen LogP) is 2.84. The van der Waals surface area contributed by atoms with Crippen molar-refractivity contribution in [3.05, 3.63) is 35.9 Å². The number of benzene rings is 1. The molecule has 0 saturated heterocycles. The number of rotatable bonds is 12. The summed E-state index contributed by atoms with van der Waals surface area (Å²) in [5.74, 6) is 0. The minimum atomic E-state index is -3.43. The lowest BCUT2D eigenvalue weighted by Gasteiger charge is -2.22. The lowest BCUT2D eigenvalue weighted by Crippen LogP contribution is -2.22. The molecule has 0 saturated carbocycles. The average molecular weight is 329 g/mol. The molecule has 0 amide bonds. The van der Waals surface area contributed by atoms with Gasteiger partial charge in [-0.05, 0) is 45.3 Å². The smallest absolute Gasteiger partial charge is 0.255 e. The van der Waals surface area contributed by atoms with Gasteiger partial charge in [0.25, 0.3) is 7.37 Å². The summed E-state index contributed by atoms with van der Waals surface area (Å²) in [6, 6.07) is 9.25. The zero-order valence-corrected chi connectivity index (χ0v) is 14.4. The van der Waals surface area contributed by atoms with E-state index in [0.717, 1.165) is 13.0 Å². The van der Waals surface area contributed by atoms with E-state index in [9.17, 15) is 9.46 Å². The summed E-state index contributed by atoms with van der Waals surface area (Å²) in [4.78, 5) is 10.0. The third-order valence-corrected chi connectivity index (χ3v) is 5.13. The summed E-state index contributed by atoms with van der Waals surface area (Å²) in [6.45, 7) is 5.88. The fourth-order valence-corrected chi connectivity index (χ4v) is 3.69. The van der Waals surface area contributed by atoms with Crippen molar-refractivity contribution < 1.29 is 18.9 Å². The molecule has 1 aromatic carbocycles. The van der Waals surface area contributed by atoms with Crippen molar-refractivity contribution in [1.82, 2.24) is 5.32 Å². The Hall–Kier alpha value is -0.710. The van der Waals surface area contributed by atoms with E-state index in [2.05, 4.69) is 17.4 Å². The van der Waals surface area contributed by atoms with Crippen LogP contribution in [0.4, 0.5) is 0 Å². The van der Waals surface area contributed by atoms with Gasteiger partial charge in [-0.1, -0.05) is 30.3 Å². The Balaban J connectivity index is 2.20. The molecule has 0 aliphatic carbocycles. The van der Waals surface area contributed by atoms with E-state index in [1.807, 2.05) is 18.2 Å². The zero-order chi connectivity index (χ0) is 16.3. The van der Waals surface area contributed by atoms with Gasteiger partial charge < -0.3 is 19.7 Å². The van der Waals surface area contributed by atoms with E-state index in [1.54, 1.807) is 13.8 Å². The highest BCUT2D eigenvalue weighted by Crippen LogP contribution is 2.47. The van der Waals surface area contributed by atoms with E-state index in [1.165, 1.54) is 5.56 Å². The van der Waals surface area contributed by atoms with Crippen LogP contribution in [-0.4, -0.2) is 43.4 Å². The second-order valence-electron chi connectivity index (χ2n) is 5.04. The van der Waals surface area contributed by atoms with Gasteiger partial charge >= 0.3 is 0 Å². The van der Waals surface area contributed by atoms with Gasteiger partial charge in [-0.3, -0.25) is 4.57 Å². The van der Waals surface area contributed by atoms with Crippen LogP contribution < -0.4 is 5.32 Å². The van der Waals surface area contributed by atoms with E-state index in [4.69, 9.17) is 9.47 Å². The van der Waals surface area contributed by atoms with Crippen molar-refractivity contribution in [3.63, 3.8) is 0 Å². The molecule has 1 atom stereocenters. The zero-order valence-electron chi connectivity index (χ0n) is 13.5. The summed E-state index contributed by atoms with van der Waals surface area (Å²) < 4.78 is 22.7. The fourth-order valence-electron chi connectivity index (χ4n) is 2.10. The fraction of sp³-hybridized carbons (Fsp3) is 0.625. The summed E-state index contributed by atoms with van der Waals surface area (Å²) in [5, 5.41) is 3.30. The van der Waals surface area contributed by atoms with Gasteiger partial charge in [-0.15, -0.1) is 0 Å². The van der Waals surface area contributed by atoms with Gasteiger partial charge in [-0.2, -0.15) is 0 Å². The Bertz CT molecular complexity index is 435. The lowest BCUT2D eigenvalue weighted by atomic mass is 10.1. The van der Waals surface area contributed by atoms with Crippen LogP contribution in [0.1, 0.15) is 25.8 Å². The normalized spacial score (nSPS) is 14.2. The van der Waals surface area contributed by atoms with Crippen LogP contribution in [0.5, 0.6) is 0 Å². The molecule has 1 unspecified atom stereocenters. The van der Waals surface area contributed by atoms with Crippen LogP contribution >= 0.6 is 7.37 Å². The maximum atomic E-state index is 12.2. The van der Waals surface area contributed by atoms with Crippen molar-refractivity contribution in [3.8, 4) is 0 Å². The SMILES string of the molecule is CCOC(OCC)P(=O)(O)CCCNCCc1ccccc1. The largest absolute Gasteiger partial charge is 0.345 e. The van der Waals surface area contributed by atoms with Gasteiger partial charge in [0.15, 0.2) is 0 Å². The lowest BCUT2D eigenvalue weighted by molar-refractivity contribution is -0.0871. The Morgan fingerprint density at radius 3 is 2.36 bits per heavy atom. The molecule has 0 fully saturated rings. The average Bonchev–Trinajstić information content (AvgIpc) is 2.51. The molecule has 6 heteroatoms. The third kappa shape index (κ3) is 7.52. The molecule has 1 rings (SSSR count). The number of nitrogens with one attached hydrogen (secondary N) is 1. The Kier molecular flexibility index (Phi) is 9.60. The van der Waals surface area contributed by atoms with Crippen molar-refractivity contribution in [2.45, 2.75) is 32.7 Å². The van der Waals surface area contributed by atoms with Gasteiger partial charge in [-0.25, -0.2) is 0 Å². The Morgan fingerprint density at radius 2 is 1.77 bits per heavy atom. The molecular weight excluding hydrogens is 301 g/mol. The number of hydrogen-bond donors (Lipinski definition) is 2. The molecule has 126 valence electrons. The molecule has 0 heterocycles. The Morgan fingerprint density at radius 1 is 1.14 bits per heavy atom. The van der Waals surface area contributed by atoms with E-state index >= 15 is 0 Å². The molecule has 1 aromatic rings. The van der Waals surface area contributed by atoms with Crippen LogP contribution in [0.15, 0.2) is 30.3 Å². The molecule has 0 spiro atoms. The van der Waals surface area contributed by atoms with Crippen molar-refractivity contribution in [2.24, 2.45) is 0 Å². The maximum absolute atomic E-state index is 12.2. The Labute approximate surface area is 133 Å². The second-order valence-corrected chi connectivity index (χ2v) is 7.42. The van der Waals surface area contributed by atoms with Gasteiger partial charge in [0.05, 0.1) is 0 Å². The molecule has 2 N–H and O–H groups in total. The molecule has 22 heavy (non-hydrogen) atoms. The van der Waals surface area contributed by atoms with Crippen LogP contribution in [0, 0.1) is 0 Å². The highest BCUT2D eigenvalue weighted by molar-refractivity contribution is 7.58. The van der Waals surface area contributed by atoms with Crippen molar-refractivity contribution >= 4 is 7.37 Å². The summed E-state index contributed by atoms with van der Waals surface area (Å²) in [7, 11) is -3.43. The molecule has 0 aliphatic heterocycles. The van der Waals surface area contributed by atoms with Crippen LogP contribution in [-0.2, 0) is 20.5 Å². The minimum absolute atomic E-state index is 0.204. The topological polar surface area (TPSA) is 67.8 Å². The van der Waals surface area contributed by atoms with E-state index in [-0.39, 0.29) is 6.16 Å². The summed E-state index contributed by atoms with van der Waals surface area (Å²) in [6.07, 6.45) is 1.79. The minimum Gasteiger partial charge on any atom is -0.345 e. The van der Waals surface area contributed by atoms with Gasteiger partial charge in [0.2, 0.25) is 6.03 Å². The quantitative estimate of drug-likeness (QED) is 0.351. The maximum Gasteiger partial charge on any atom is 0.255 e. The van der Waals surface area contributed by atoms with Crippen molar-refractivity contribution in [2.75, 3.05) is 32.5 Å². The van der Waals surface area contributed by atoms with Crippen LogP contribution in [0.25, 0.3) is 0 Å². The molecule has 0 aliphatic rings. The number of ether oxygens (including phenoxy) is 2. The third-order valence-electron chi connectivity index (χ3n) is 3.21. The first-order valence-electron chi connectivity index (χ1n) is 7.89. The molecule has 0 radical (unpaired) electrons. The summed E-state index contributed by atoms with van der Waals surface area (Å²) in [5.41, 5.74) is 1.29. The molecular formula is C16H28NO4P. The highest BCUT2D eigenvalue weighted by atomic mass is 31.2. The predicted molar refractivity (Wildman–Crippen MR) is 89.4 cm³/mol. The first kappa shape index (κ1) is 19.3. The van der Waals surface area contributed by atoms with E-state index in [0.29, 0.717) is 26.2 Å². The molecule has 0 bridgehead atoms. The monoisotopic (exact) mass is 329 g/mol. The molecule has 5 nitrogen and oxygen atoms in total. The first-order chi connectivity index (χ1) is 10.6. The second kappa shape index (κ2) is 10.9.